The Bertz CT molecular complexity index is 735. The number of nitrogens with zero attached hydrogens (tertiary/aromatic N) is 1. The number of nitrogens with one attached hydrogen (secondary N) is 1. The van der Waals surface area contributed by atoms with E-state index in [2.05, 4.69) is 39.9 Å². The Kier molecular flexibility index (Phi) is 4.23. The first kappa shape index (κ1) is 14.1. The first-order valence-electron chi connectivity index (χ1n) is 6.72. The van der Waals surface area contributed by atoms with Gasteiger partial charge in [0.25, 0.3) is 0 Å². The lowest BCUT2D eigenvalue weighted by molar-refractivity contribution is 1.15. The van der Waals surface area contributed by atoms with Gasteiger partial charge >= 0.3 is 0 Å². The van der Waals surface area contributed by atoms with Crippen molar-refractivity contribution in [2.24, 2.45) is 0 Å². The molecule has 1 aromatic heterocycles. The van der Waals surface area contributed by atoms with Gasteiger partial charge in [-0.15, -0.1) is 11.3 Å². The zero-order chi connectivity index (χ0) is 14.7. The van der Waals surface area contributed by atoms with Crippen LogP contribution in [0.4, 0.5) is 5.69 Å². The van der Waals surface area contributed by atoms with Crippen molar-refractivity contribution < 1.29 is 0 Å². The lowest BCUT2D eigenvalue weighted by Gasteiger charge is -2.08. The number of benzene rings is 2. The van der Waals surface area contributed by atoms with Gasteiger partial charge in [-0.2, -0.15) is 0 Å². The molecule has 0 aliphatic heterocycles. The smallest absolute Gasteiger partial charge is 0.0901 e. The van der Waals surface area contributed by atoms with E-state index in [1.807, 2.05) is 31.2 Å². The van der Waals surface area contributed by atoms with Gasteiger partial charge < -0.3 is 5.32 Å². The van der Waals surface area contributed by atoms with Crippen LogP contribution >= 0.6 is 22.9 Å². The fourth-order valence-corrected chi connectivity index (χ4v) is 2.92. The molecule has 3 aromatic rings. The van der Waals surface area contributed by atoms with Crippen LogP contribution in [0.2, 0.25) is 5.02 Å². The van der Waals surface area contributed by atoms with Gasteiger partial charge in [-0.25, -0.2) is 4.98 Å². The number of anilines is 1. The lowest BCUT2D eigenvalue weighted by atomic mass is 10.1. The number of thiazole rings is 1. The van der Waals surface area contributed by atoms with E-state index in [1.165, 1.54) is 0 Å². The van der Waals surface area contributed by atoms with E-state index in [-0.39, 0.29) is 0 Å². The Morgan fingerprint density at radius 1 is 1.10 bits per heavy atom. The molecule has 1 heterocycles. The van der Waals surface area contributed by atoms with Crippen molar-refractivity contribution in [2.45, 2.75) is 13.5 Å². The zero-order valence-corrected chi connectivity index (χ0v) is 13.2. The van der Waals surface area contributed by atoms with Crippen LogP contribution in [0.5, 0.6) is 0 Å². The van der Waals surface area contributed by atoms with Crippen molar-refractivity contribution in [3.8, 4) is 11.3 Å². The highest BCUT2D eigenvalue weighted by Gasteiger charge is 2.03. The average molecular weight is 315 g/mol. The third-order valence-electron chi connectivity index (χ3n) is 3.24. The maximum absolute atomic E-state index is 6.15. The summed E-state index contributed by atoms with van der Waals surface area (Å²) in [5.41, 5.74) is 4.35. The van der Waals surface area contributed by atoms with Gasteiger partial charge in [-0.05, 0) is 30.7 Å². The minimum absolute atomic E-state index is 0.717. The van der Waals surface area contributed by atoms with Gasteiger partial charge in [-0.1, -0.05) is 41.9 Å². The van der Waals surface area contributed by atoms with Gasteiger partial charge in [-0.3, -0.25) is 0 Å². The minimum Gasteiger partial charge on any atom is -0.381 e. The Morgan fingerprint density at radius 2 is 1.86 bits per heavy atom. The number of halogens is 1. The highest BCUT2D eigenvalue weighted by molar-refractivity contribution is 7.09. The van der Waals surface area contributed by atoms with Crippen LogP contribution in [0.1, 0.15) is 10.6 Å². The van der Waals surface area contributed by atoms with Crippen molar-refractivity contribution in [1.29, 1.82) is 0 Å². The molecule has 0 saturated carbocycles. The van der Waals surface area contributed by atoms with Crippen molar-refractivity contribution in [3.63, 3.8) is 0 Å². The molecule has 0 aliphatic carbocycles. The minimum atomic E-state index is 0.717. The Morgan fingerprint density at radius 3 is 2.52 bits per heavy atom. The third kappa shape index (κ3) is 3.43. The SMILES string of the molecule is Cc1nc(-c2ccc(NCc3ccccc3Cl)cc2)cs1. The number of aromatic nitrogens is 1. The Balaban J connectivity index is 1.69. The summed E-state index contributed by atoms with van der Waals surface area (Å²) in [7, 11) is 0. The van der Waals surface area contributed by atoms with E-state index in [0.29, 0.717) is 0 Å². The summed E-state index contributed by atoms with van der Waals surface area (Å²) in [5, 5.41) is 7.35. The molecule has 0 atom stereocenters. The summed E-state index contributed by atoms with van der Waals surface area (Å²) >= 11 is 7.82. The molecule has 2 nitrogen and oxygen atoms in total. The van der Waals surface area contributed by atoms with Gasteiger partial charge in [0.2, 0.25) is 0 Å². The second-order valence-corrected chi connectivity index (χ2v) is 6.24. The van der Waals surface area contributed by atoms with Gasteiger partial charge in [0.05, 0.1) is 10.7 Å². The van der Waals surface area contributed by atoms with Gasteiger partial charge in [0, 0.05) is 28.2 Å². The van der Waals surface area contributed by atoms with Gasteiger partial charge in [0.1, 0.15) is 0 Å². The first-order valence-corrected chi connectivity index (χ1v) is 7.98. The predicted molar refractivity (Wildman–Crippen MR) is 91.1 cm³/mol. The third-order valence-corrected chi connectivity index (χ3v) is 4.38. The van der Waals surface area contributed by atoms with E-state index in [0.717, 1.165) is 39.1 Å². The van der Waals surface area contributed by atoms with E-state index in [1.54, 1.807) is 11.3 Å². The molecule has 3 rings (SSSR count). The molecular formula is C17H15ClN2S. The first-order chi connectivity index (χ1) is 10.2. The van der Waals surface area contributed by atoms with Crippen molar-refractivity contribution in [1.82, 2.24) is 4.98 Å². The molecule has 0 bridgehead atoms. The summed E-state index contributed by atoms with van der Waals surface area (Å²) < 4.78 is 0. The standard InChI is InChI=1S/C17H15ClN2S/c1-12-20-17(11-21-12)13-6-8-15(9-7-13)19-10-14-4-2-3-5-16(14)18/h2-9,11,19H,10H2,1H3. The maximum Gasteiger partial charge on any atom is 0.0901 e. The van der Waals surface area contributed by atoms with Crippen molar-refractivity contribution in [2.75, 3.05) is 5.32 Å². The quantitative estimate of drug-likeness (QED) is 0.699. The number of hydrogen-bond acceptors (Lipinski definition) is 3. The van der Waals surface area contributed by atoms with Gasteiger partial charge in [0.15, 0.2) is 0 Å². The predicted octanol–water partition coefficient (Wildman–Crippen LogP) is 5.38. The molecule has 0 radical (unpaired) electrons. The van der Waals surface area contributed by atoms with Crippen molar-refractivity contribution in [3.05, 3.63) is 69.5 Å². The Hall–Kier alpha value is -1.84. The summed E-state index contributed by atoms with van der Waals surface area (Å²) in [6.45, 7) is 2.74. The summed E-state index contributed by atoms with van der Waals surface area (Å²) in [6, 6.07) is 16.2. The molecule has 0 unspecified atom stereocenters. The van der Waals surface area contributed by atoms with Crippen LogP contribution < -0.4 is 5.32 Å². The normalized spacial score (nSPS) is 10.6. The molecule has 0 aliphatic rings. The number of rotatable bonds is 4. The maximum atomic E-state index is 6.15. The fraction of sp³-hybridized carbons (Fsp3) is 0.118. The molecule has 21 heavy (non-hydrogen) atoms. The number of aryl methyl sites for hydroxylation is 1. The molecule has 0 saturated heterocycles. The number of hydrogen-bond donors (Lipinski definition) is 1. The van der Waals surface area contributed by atoms with E-state index >= 15 is 0 Å². The summed E-state index contributed by atoms with van der Waals surface area (Å²) in [5.74, 6) is 0. The topological polar surface area (TPSA) is 24.9 Å². The van der Waals surface area contributed by atoms with Crippen LogP contribution in [0, 0.1) is 6.92 Å². The highest BCUT2D eigenvalue weighted by atomic mass is 35.5. The monoisotopic (exact) mass is 314 g/mol. The second-order valence-electron chi connectivity index (χ2n) is 4.77. The van der Waals surface area contributed by atoms with Crippen LogP contribution in [0.25, 0.3) is 11.3 Å². The van der Waals surface area contributed by atoms with Crippen LogP contribution in [0.15, 0.2) is 53.9 Å². The Labute approximate surface area is 133 Å². The molecule has 0 amide bonds. The average Bonchev–Trinajstić information content (AvgIpc) is 2.94. The van der Waals surface area contributed by atoms with Crippen LogP contribution in [-0.2, 0) is 6.54 Å². The fourth-order valence-electron chi connectivity index (χ4n) is 2.09. The molecule has 106 valence electrons. The molecule has 1 N–H and O–H groups in total. The van der Waals surface area contributed by atoms with Crippen LogP contribution in [0.3, 0.4) is 0 Å². The molecular weight excluding hydrogens is 300 g/mol. The summed E-state index contributed by atoms with van der Waals surface area (Å²) in [6.07, 6.45) is 0. The van der Waals surface area contributed by atoms with E-state index in [9.17, 15) is 0 Å². The second kappa shape index (κ2) is 6.29. The van der Waals surface area contributed by atoms with Crippen LogP contribution in [-0.4, -0.2) is 4.98 Å². The van der Waals surface area contributed by atoms with E-state index < -0.39 is 0 Å². The highest BCUT2D eigenvalue weighted by Crippen LogP contribution is 2.23. The largest absolute Gasteiger partial charge is 0.381 e. The van der Waals surface area contributed by atoms with E-state index in [4.69, 9.17) is 11.6 Å². The molecule has 0 spiro atoms. The zero-order valence-electron chi connectivity index (χ0n) is 11.6. The van der Waals surface area contributed by atoms with Crippen molar-refractivity contribution >= 4 is 28.6 Å². The lowest BCUT2D eigenvalue weighted by Crippen LogP contribution is -1.99. The molecule has 4 heteroatoms. The molecule has 2 aromatic carbocycles. The molecule has 0 fully saturated rings. The summed E-state index contributed by atoms with van der Waals surface area (Å²) in [4.78, 5) is 4.50.